The van der Waals surface area contributed by atoms with Gasteiger partial charge in [0.15, 0.2) is 0 Å². The van der Waals surface area contributed by atoms with Gasteiger partial charge in [0.1, 0.15) is 0 Å². The Labute approximate surface area is 39.9 Å². The van der Waals surface area contributed by atoms with Crippen LogP contribution >= 0.6 is 8.07 Å². The molecule has 0 saturated carbocycles. The zero-order chi connectivity index (χ0) is 4.57. The Balaban J connectivity index is 2.09. The van der Waals surface area contributed by atoms with Gasteiger partial charge in [-0.25, -0.2) is 0 Å². The predicted molar refractivity (Wildman–Crippen MR) is 30.3 cm³/mol. The van der Waals surface area contributed by atoms with Crippen LogP contribution in [0.2, 0.25) is 0 Å². The number of hydrogen-bond donors (Lipinski definition) is 1. The molecule has 2 unspecified atom stereocenters. The number of hydrogen-bond acceptors (Lipinski definition) is 1. The molecule has 1 fully saturated rings. The Hall–Kier alpha value is 0.390. The molecule has 1 saturated heterocycles. The summed E-state index contributed by atoms with van der Waals surface area (Å²) in [5.74, 6) is 0. The average molecular weight is 103 g/mol. The van der Waals surface area contributed by atoms with Crippen LogP contribution < -0.4 is 5.09 Å². The summed E-state index contributed by atoms with van der Waals surface area (Å²) < 4.78 is 0. The van der Waals surface area contributed by atoms with E-state index in [2.05, 4.69) is 19.1 Å². The third-order valence-electron chi connectivity index (χ3n) is 1.15. The fourth-order valence-corrected chi connectivity index (χ4v) is 1.89. The number of nitrogens with one attached hydrogen (secondary N) is 1. The minimum atomic E-state index is 0.341. The molecular weight excluding hydrogens is 93.0 g/mol. The standard InChI is InChI=1S/C4H10NP/c1-4-3-6(4)5-2/h4-5H,3H2,1-2H3. The first-order valence-corrected chi connectivity index (χ1v) is 3.88. The van der Waals surface area contributed by atoms with Crippen molar-refractivity contribution in [3.8, 4) is 0 Å². The maximum Gasteiger partial charge on any atom is -0.00555 e. The fourth-order valence-electron chi connectivity index (χ4n) is 0.549. The van der Waals surface area contributed by atoms with Gasteiger partial charge in [0.25, 0.3) is 0 Å². The van der Waals surface area contributed by atoms with E-state index < -0.39 is 0 Å². The van der Waals surface area contributed by atoms with Crippen molar-refractivity contribution in [1.29, 1.82) is 0 Å². The van der Waals surface area contributed by atoms with E-state index in [4.69, 9.17) is 0 Å². The molecule has 1 heterocycles. The Morgan fingerprint density at radius 2 is 2.33 bits per heavy atom. The summed E-state index contributed by atoms with van der Waals surface area (Å²) in [7, 11) is 2.39. The molecule has 0 aromatic rings. The molecular formula is C4H10NP. The van der Waals surface area contributed by atoms with E-state index in [0.29, 0.717) is 8.07 Å². The van der Waals surface area contributed by atoms with Crippen LogP contribution in [0, 0.1) is 0 Å². The van der Waals surface area contributed by atoms with Crippen molar-refractivity contribution in [3.05, 3.63) is 0 Å². The Kier molecular flexibility index (Phi) is 1.12. The van der Waals surface area contributed by atoms with Crippen LogP contribution in [0.1, 0.15) is 6.92 Å². The van der Waals surface area contributed by atoms with Gasteiger partial charge in [-0.3, -0.25) is 5.09 Å². The number of rotatable bonds is 1. The lowest BCUT2D eigenvalue weighted by molar-refractivity contribution is 1.22. The van der Waals surface area contributed by atoms with Gasteiger partial charge < -0.3 is 0 Å². The highest BCUT2D eigenvalue weighted by molar-refractivity contribution is 7.64. The lowest BCUT2D eigenvalue weighted by atomic mass is 10.6. The van der Waals surface area contributed by atoms with Crippen LogP contribution in [0.4, 0.5) is 0 Å². The van der Waals surface area contributed by atoms with E-state index in [1.54, 1.807) is 0 Å². The van der Waals surface area contributed by atoms with Crippen LogP contribution in [-0.4, -0.2) is 18.9 Å². The summed E-state index contributed by atoms with van der Waals surface area (Å²) in [5.41, 5.74) is 1.02. The summed E-state index contributed by atoms with van der Waals surface area (Å²) in [6.45, 7) is 2.29. The van der Waals surface area contributed by atoms with E-state index in [0.717, 1.165) is 5.66 Å². The zero-order valence-electron chi connectivity index (χ0n) is 4.23. The van der Waals surface area contributed by atoms with Gasteiger partial charge in [-0.2, -0.15) is 0 Å². The van der Waals surface area contributed by atoms with Crippen molar-refractivity contribution < 1.29 is 0 Å². The van der Waals surface area contributed by atoms with Crippen molar-refractivity contribution in [2.75, 3.05) is 13.2 Å². The highest BCUT2D eigenvalue weighted by Gasteiger charge is 2.29. The van der Waals surface area contributed by atoms with Crippen molar-refractivity contribution in [2.24, 2.45) is 0 Å². The second-order valence-corrected chi connectivity index (χ2v) is 4.36. The molecule has 0 bridgehead atoms. The van der Waals surface area contributed by atoms with Crippen LogP contribution in [0.15, 0.2) is 0 Å². The zero-order valence-corrected chi connectivity index (χ0v) is 5.13. The molecule has 0 aromatic carbocycles. The quantitative estimate of drug-likeness (QED) is 0.488. The Morgan fingerprint density at radius 1 is 1.83 bits per heavy atom. The molecule has 0 aliphatic carbocycles. The normalized spacial score (nSPS) is 43.0. The van der Waals surface area contributed by atoms with E-state index in [1.165, 1.54) is 6.16 Å². The minimum absolute atomic E-state index is 0.341. The highest BCUT2D eigenvalue weighted by atomic mass is 31.1. The molecule has 1 nitrogen and oxygen atoms in total. The summed E-state index contributed by atoms with van der Waals surface area (Å²) in [6.07, 6.45) is 1.45. The van der Waals surface area contributed by atoms with E-state index >= 15 is 0 Å². The van der Waals surface area contributed by atoms with Gasteiger partial charge >= 0.3 is 0 Å². The molecule has 1 aliphatic heterocycles. The largest absolute Gasteiger partial charge is 0.299 e. The van der Waals surface area contributed by atoms with E-state index in [1.807, 2.05) is 0 Å². The van der Waals surface area contributed by atoms with Gasteiger partial charge in [-0.05, 0) is 26.9 Å². The smallest absolute Gasteiger partial charge is 0.00555 e. The first-order chi connectivity index (χ1) is 2.84. The van der Waals surface area contributed by atoms with Gasteiger partial charge in [-0.1, -0.05) is 6.92 Å². The van der Waals surface area contributed by atoms with Gasteiger partial charge in [0.05, 0.1) is 0 Å². The molecule has 2 heteroatoms. The summed E-state index contributed by atoms with van der Waals surface area (Å²) in [6, 6.07) is 0. The van der Waals surface area contributed by atoms with Gasteiger partial charge in [0, 0.05) is 0 Å². The van der Waals surface area contributed by atoms with E-state index in [-0.39, 0.29) is 0 Å². The molecule has 1 N–H and O–H groups in total. The lowest BCUT2D eigenvalue weighted by Gasteiger charge is -1.85. The topological polar surface area (TPSA) is 12.0 Å². The van der Waals surface area contributed by atoms with Crippen LogP contribution in [-0.2, 0) is 0 Å². The highest BCUT2D eigenvalue weighted by Crippen LogP contribution is 2.53. The molecule has 1 aliphatic rings. The van der Waals surface area contributed by atoms with Crippen LogP contribution in [0.5, 0.6) is 0 Å². The average Bonchev–Trinajstić information content (AvgIpc) is 2.19. The molecule has 1 rings (SSSR count). The predicted octanol–water partition coefficient (Wildman–Crippen LogP) is 1.00. The third-order valence-corrected chi connectivity index (χ3v) is 3.44. The molecule has 0 spiro atoms. The molecule has 6 heavy (non-hydrogen) atoms. The van der Waals surface area contributed by atoms with Crippen molar-refractivity contribution >= 4 is 8.07 Å². The monoisotopic (exact) mass is 103 g/mol. The Bertz CT molecular complexity index is 53.5. The Morgan fingerprint density at radius 3 is 2.33 bits per heavy atom. The third kappa shape index (κ3) is 0.717. The molecule has 36 valence electrons. The fraction of sp³-hybridized carbons (Fsp3) is 1.00. The summed E-state index contributed by atoms with van der Waals surface area (Å²) >= 11 is 0. The maximum absolute atomic E-state index is 3.25. The molecule has 2 atom stereocenters. The molecule has 0 radical (unpaired) electrons. The van der Waals surface area contributed by atoms with Crippen molar-refractivity contribution in [1.82, 2.24) is 5.09 Å². The first-order valence-electron chi connectivity index (χ1n) is 2.28. The maximum atomic E-state index is 3.25. The van der Waals surface area contributed by atoms with Crippen LogP contribution in [0.3, 0.4) is 0 Å². The van der Waals surface area contributed by atoms with Crippen LogP contribution in [0.25, 0.3) is 0 Å². The van der Waals surface area contributed by atoms with Gasteiger partial charge in [-0.15, -0.1) is 0 Å². The summed E-state index contributed by atoms with van der Waals surface area (Å²) in [5, 5.41) is 3.25. The van der Waals surface area contributed by atoms with E-state index in [9.17, 15) is 0 Å². The molecule has 0 amide bonds. The second-order valence-electron chi connectivity index (χ2n) is 1.72. The summed E-state index contributed by atoms with van der Waals surface area (Å²) in [4.78, 5) is 0. The lowest BCUT2D eigenvalue weighted by Crippen LogP contribution is -1.86. The second kappa shape index (κ2) is 1.48. The first kappa shape index (κ1) is 4.55. The van der Waals surface area contributed by atoms with Gasteiger partial charge in [0.2, 0.25) is 0 Å². The SMILES string of the molecule is CNP1CC1C. The van der Waals surface area contributed by atoms with Crippen molar-refractivity contribution in [3.63, 3.8) is 0 Å². The molecule has 0 aromatic heterocycles. The minimum Gasteiger partial charge on any atom is -0.299 e. The van der Waals surface area contributed by atoms with Crippen molar-refractivity contribution in [2.45, 2.75) is 12.6 Å².